The van der Waals surface area contributed by atoms with Gasteiger partial charge in [0.1, 0.15) is 5.82 Å². The Hall–Kier alpha value is -0.930. The SMILES string of the molecule is COCCNCC1(c2ccc(F)cc2)CC1C. The van der Waals surface area contributed by atoms with Crippen LogP contribution in [0, 0.1) is 11.7 Å². The van der Waals surface area contributed by atoms with Gasteiger partial charge in [0.15, 0.2) is 0 Å². The topological polar surface area (TPSA) is 21.3 Å². The first kappa shape index (κ1) is 12.5. The van der Waals surface area contributed by atoms with Crippen LogP contribution in [0.25, 0.3) is 0 Å². The lowest BCUT2D eigenvalue weighted by molar-refractivity contribution is 0.198. The largest absolute Gasteiger partial charge is 0.383 e. The zero-order chi connectivity index (χ0) is 12.3. The Balaban J connectivity index is 1.98. The molecule has 17 heavy (non-hydrogen) atoms. The zero-order valence-electron chi connectivity index (χ0n) is 10.5. The molecule has 0 amide bonds. The molecular weight excluding hydrogens is 217 g/mol. The maximum atomic E-state index is 12.9. The molecule has 1 aromatic carbocycles. The van der Waals surface area contributed by atoms with Gasteiger partial charge >= 0.3 is 0 Å². The molecule has 2 nitrogen and oxygen atoms in total. The van der Waals surface area contributed by atoms with E-state index >= 15 is 0 Å². The zero-order valence-corrected chi connectivity index (χ0v) is 10.5. The summed E-state index contributed by atoms with van der Waals surface area (Å²) in [6.45, 7) is 4.80. The average Bonchev–Trinajstić information content (AvgIpc) is 2.98. The summed E-state index contributed by atoms with van der Waals surface area (Å²) in [5, 5.41) is 3.41. The third-order valence-corrected chi connectivity index (χ3v) is 3.80. The molecule has 1 aromatic rings. The van der Waals surface area contributed by atoms with Crippen molar-refractivity contribution < 1.29 is 9.13 Å². The van der Waals surface area contributed by atoms with Crippen molar-refractivity contribution in [2.45, 2.75) is 18.8 Å². The highest BCUT2D eigenvalue weighted by Gasteiger charge is 2.51. The molecule has 0 bridgehead atoms. The minimum Gasteiger partial charge on any atom is -0.383 e. The maximum Gasteiger partial charge on any atom is 0.123 e. The first-order valence-corrected chi connectivity index (χ1v) is 6.15. The molecule has 2 rings (SSSR count). The molecule has 2 atom stereocenters. The van der Waals surface area contributed by atoms with Crippen molar-refractivity contribution in [1.29, 1.82) is 0 Å². The second-order valence-corrected chi connectivity index (χ2v) is 4.94. The first-order chi connectivity index (χ1) is 8.19. The van der Waals surface area contributed by atoms with E-state index in [1.165, 1.54) is 12.0 Å². The minimum absolute atomic E-state index is 0.162. The summed E-state index contributed by atoms with van der Waals surface area (Å²) in [6, 6.07) is 6.93. The number of nitrogens with one attached hydrogen (secondary N) is 1. The van der Waals surface area contributed by atoms with Crippen molar-refractivity contribution >= 4 is 0 Å². The Labute approximate surface area is 102 Å². The van der Waals surface area contributed by atoms with Crippen LogP contribution in [0.5, 0.6) is 0 Å². The predicted molar refractivity (Wildman–Crippen MR) is 66.6 cm³/mol. The van der Waals surface area contributed by atoms with Crippen molar-refractivity contribution in [3.63, 3.8) is 0 Å². The maximum absolute atomic E-state index is 12.9. The Morgan fingerprint density at radius 3 is 2.59 bits per heavy atom. The number of rotatable bonds is 6. The van der Waals surface area contributed by atoms with E-state index in [4.69, 9.17) is 4.74 Å². The van der Waals surface area contributed by atoms with Gasteiger partial charge in [0.2, 0.25) is 0 Å². The van der Waals surface area contributed by atoms with Crippen LogP contribution < -0.4 is 5.32 Å². The molecule has 1 saturated carbocycles. The minimum atomic E-state index is -0.162. The Kier molecular flexibility index (Phi) is 3.79. The van der Waals surface area contributed by atoms with Crippen molar-refractivity contribution in [1.82, 2.24) is 5.32 Å². The predicted octanol–water partition coefficient (Wildman–Crippen LogP) is 2.34. The molecule has 0 aromatic heterocycles. The van der Waals surface area contributed by atoms with Crippen LogP contribution in [0.2, 0.25) is 0 Å². The van der Waals surface area contributed by atoms with E-state index in [1.807, 2.05) is 12.1 Å². The fraction of sp³-hybridized carbons (Fsp3) is 0.571. The van der Waals surface area contributed by atoms with E-state index in [2.05, 4.69) is 12.2 Å². The number of hydrogen-bond donors (Lipinski definition) is 1. The molecule has 1 N–H and O–H groups in total. The summed E-state index contributed by atoms with van der Waals surface area (Å²) in [5.41, 5.74) is 1.46. The van der Waals surface area contributed by atoms with Gasteiger partial charge in [0.05, 0.1) is 6.61 Å². The summed E-state index contributed by atoms with van der Waals surface area (Å²) in [4.78, 5) is 0. The van der Waals surface area contributed by atoms with E-state index < -0.39 is 0 Å². The fourth-order valence-electron chi connectivity index (χ4n) is 2.51. The van der Waals surface area contributed by atoms with Crippen molar-refractivity contribution in [2.24, 2.45) is 5.92 Å². The summed E-state index contributed by atoms with van der Waals surface area (Å²) < 4.78 is 17.9. The van der Waals surface area contributed by atoms with E-state index in [9.17, 15) is 4.39 Å². The molecule has 3 heteroatoms. The standard InChI is InChI=1S/C14H20FNO/c1-11-9-14(11,10-16-7-8-17-2)12-3-5-13(15)6-4-12/h3-6,11,16H,7-10H2,1-2H3. The highest BCUT2D eigenvalue weighted by molar-refractivity contribution is 5.34. The molecule has 1 aliphatic carbocycles. The van der Waals surface area contributed by atoms with Gasteiger partial charge in [-0.2, -0.15) is 0 Å². The lowest BCUT2D eigenvalue weighted by atomic mass is 9.93. The Morgan fingerprint density at radius 1 is 1.41 bits per heavy atom. The van der Waals surface area contributed by atoms with Crippen molar-refractivity contribution in [3.8, 4) is 0 Å². The molecule has 0 aliphatic heterocycles. The number of methoxy groups -OCH3 is 1. The van der Waals surface area contributed by atoms with Crippen LogP contribution >= 0.6 is 0 Å². The Morgan fingerprint density at radius 2 is 2.06 bits per heavy atom. The molecular formula is C14H20FNO. The number of hydrogen-bond acceptors (Lipinski definition) is 2. The van der Waals surface area contributed by atoms with Gasteiger partial charge in [0.25, 0.3) is 0 Å². The summed E-state index contributed by atoms with van der Waals surface area (Å²) in [7, 11) is 1.71. The van der Waals surface area contributed by atoms with E-state index in [-0.39, 0.29) is 11.2 Å². The molecule has 1 fully saturated rings. The van der Waals surface area contributed by atoms with Crippen LogP contribution in [-0.2, 0) is 10.2 Å². The fourth-order valence-corrected chi connectivity index (χ4v) is 2.51. The lowest BCUT2D eigenvalue weighted by Gasteiger charge is -2.18. The molecule has 94 valence electrons. The number of benzene rings is 1. The third kappa shape index (κ3) is 2.67. The van der Waals surface area contributed by atoms with Crippen LogP contribution in [0.4, 0.5) is 4.39 Å². The molecule has 1 aliphatic rings. The summed E-state index contributed by atoms with van der Waals surface area (Å²) >= 11 is 0. The molecule has 0 heterocycles. The van der Waals surface area contributed by atoms with Gasteiger partial charge in [-0.15, -0.1) is 0 Å². The lowest BCUT2D eigenvalue weighted by Crippen LogP contribution is -2.30. The quantitative estimate of drug-likeness (QED) is 0.767. The highest BCUT2D eigenvalue weighted by Crippen LogP contribution is 2.53. The van der Waals surface area contributed by atoms with Crippen LogP contribution in [0.1, 0.15) is 18.9 Å². The van der Waals surface area contributed by atoms with Gasteiger partial charge in [-0.05, 0) is 30.0 Å². The van der Waals surface area contributed by atoms with Crippen LogP contribution in [-0.4, -0.2) is 26.8 Å². The van der Waals surface area contributed by atoms with Gasteiger partial charge < -0.3 is 10.1 Å². The normalized spacial score (nSPS) is 27.1. The molecule has 2 unspecified atom stereocenters. The average molecular weight is 237 g/mol. The summed E-state index contributed by atoms with van der Waals surface area (Å²) in [5.74, 6) is 0.507. The second kappa shape index (κ2) is 5.15. The number of halogens is 1. The van der Waals surface area contributed by atoms with E-state index in [0.29, 0.717) is 5.92 Å². The van der Waals surface area contributed by atoms with Crippen LogP contribution in [0.3, 0.4) is 0 Å². The molecule has 0 spiro atoms. The Bertz CT molecular complexity index is 365. The molecule has 0 saturated heterocycles. The van der Waals surface area contributed by atoms with Gasteiger partial charge in [-0.25, -0.2) is 4.39 Å². The monoisotopic (exact) mass is 237 g/mol. The second-order valence-electron chi connectivity index (χ2n) is 4.94. The van der Waals surface area contributed by atoms with Gasteiger partial charge in [-0.3, -0.25) is 0 Å². The van der Waals surface area contributed by atoms with Crippen molar-refractivity contribution in [2.75, 3.05) is 26.8 Å². The first-order valence-electron chi connectivity index (χ1n) is 6.15. The highest BCUT2D eigenvalue weighted by atomic mass is 19.1. The molecule has 0 radical (unpaired) electrons. The van der Waals surface area contributed by atoms with Gasteiger partial charge in [-0.1, -0.05) is 19.1 Å². The summed E-state index contributed by atoms with van der Waals surface area (Å²) in [6.07, 6.45) is 1.18. The van der Waals surface area contributed by atoms with E-state index in [1.54, 1.807) is 19.2 Å². The van der Waals surface area contributed by atoms with Crippen molar-refractivity contribution in [3.05, 3.63) is 35.6 Å². The van der Waals surface area contributed by atoms with E-state index in [0.717, 1.165) is 19.7 Å². The smallest absolute Gasteiger partial charge is 0.123 e. The third-order valence-electron chi connectivity index (χ3n) is 3.80. The van der Waals surface area contributed by atoms with Crippen LogP contribution in [0.15, 0.2) is 24.3 Å². The number of ether oxygens (including phenoxy) is 1. The van der Waals surface area contributed by atoms with Gasteiger partial charge in [0, 0.05) is 25.6 Å².